The van der Waals surface area contributed by atoms with Crippen LogP contribution < -0.4 is 5.32 Å². The lowest BCUT2D eigenvalue weighted by atomic mass is 10.0. The summed E-state index contributed by atoms with van der Waals surface area (Å²) in [7, 11) is 0. The van der Waals surface area contributed by atoms with E-state index in [1.165, 1.54) is 0 Å². The van der Waals surface area contributed by atoms with Crippen molar-refractivity contribution in [2.24, 2.45) is 0 Å². The van der Waals surface area contributed by atoms with E-state index in [4.69, 9.17) is 0 Å². The van der Waals surface area contributed by atoms with Crippen LogP contribution >= 0.6 is 11.8 Å². The number of aromatic nitrogens is 2. The summed E-state index contributed by atoms with van der Waals surface area (Å²) >= 11 is 1.56. The maximum atomic E-state index is 4.24. The quantitative estimate of drug-likeness (QED) is 0.617. The zero-order chi connectivity index (χ0) is 11.3. The van der Waals surface area contributed by atoms with Gasteiger partial charge in [-0.1, -0.05) is 18.7 Å². The first-order chi connectivity index (χ1) is 7.07. The van der Waals surface area contributed by atoms with Crippen LogP contribution in [0.4, 0.5) is 0 Å². The van der Waals surface area contributed by atoms with E-state index >= 15 is 0 Å². The smallest absolute Gasteiger partial charge is 0.187 e. The summed E-state index contributed by atoms with van der Waals surface area (Å²) in [6.07, 6.45) is 6.86. The van der Waals surface area contributed by atoms with Gasteiger partial charge in [-0.05, 0) is 26.5 Å². The third-order valence-electron chi connectivity index (χ3n) is 2.52. The van der Waals surface area contributed by atoms with Gasteiger partial charge in [0.15, 0.2) is 5.16 Å². The van der Waals surface area contributed by atoms with Crippen molar-refractivity contribution in [3.8, 4) is 0 Å². The molecule has 0 unspecified atom stereocenters. The first kappa shape index (κ1) is 12.5. The molecule has 0 spiro atoms. The van der Waals surface area contributed by atoms with E-state index in [0.717, 1.165) is 23.7 Å². The van der Waals surface area contributed by atoms with Crippen molar-refractivity contribution < 1.29 is 0 Å². The van der Waals surface area contributed by atoms with E-state index in [1.54, 1.807) is 11.8 Å². The fourth-order valence-electron chi connectivity index (χ4n) is 1.01. The molecule has 4 heteroatoms. The van der Waals surface area contributed by atoms with E-state index in [1.807, 2.05) is 18.6 Å². The summed E-state index contributed by atoms with van der Waals surface area (Å²) in [5, 5.41) is 4.30. The number of hydrogen-bond acceptors (Lipinski definition) is 4. The van der Waals surface area contributed by atoms with Crippen molar-refractivity contribution in [3.05, 3.63) is 18.0 Å². The fourth-order valence-corrected chi connectivity index (χ4v) is 1.32. The average molecular weight is 225 g/mol. The standard InChI is InChI=1S/C11H19N3S/c1-5-11(2,3)14-8-9-6-12-10(15-4)13-7-9/h6-7,14H,5,8H2,1-4H3. The first-order valence-electron chi connectivity index (χ1n) is 5.17. The molecule has 3 nitrogen and oxygen atoms in total. The highest BCUT2D eigenvalue weighted by Crippen LogP contribution is 2.10. The Morgan fingerprint density at radius 2 is 1.93 bits per heavy atom. The highest BCUT2D eigenvalue weighted by molar-refractivity contribution is 7.98. The molecule has 0 fully saturated rings. The van der Waals surface area contributed by atoms with E-state index in [0.29, 0.717) is 0 Å². The third kappa shape index (κ3) is 4.18. The Morgan fingerprint density at radius 1 is 1.33 bits per heavy atom. The molecule has 0 aliphatic heterocycles. The van der Waals surface area contributed by atoms with Crippen molar-refractivity contribution in [1.29, 1.82) is 0 Å². The first-order valence-corrected chi connectivity index (χ1v) is 6.40. The highest BCUT2D eigenvalue weighted by atomic mass is 32.2. The van der Waals surface area contributed by atoms with Crippen molar-refractivity contribution >= 4 is 11.8 Å². The van der Waals surface area contributed by atoms with E-state index in [2.05, 4.69) is 36.1 Å². The molecule has 0 saturated carbocycles. The van der Waals surface area contributed by atoms with Gasteiger partial charge >= 0.3 is 0 Å². The molecule has 1 aromatic rings. The zero-order valence-electron chi connectivity index (χ0n) is 9.87. The van der Waals surface area contributed by atoms with Gasteiger partial charge in [0.25, 0.3) is 0 Å². The van der Waals surface area contributed by atoms with Crippen LogP contribution in [0.2, 0.25) is 0 Å². The molecule has 1 aromatic heterocycles. The van der Waals surface area contributed by atoms with Gasteiger partial charge in [0.2, 0.25) is 0 Å². The van der Waals surface area contributed by atoms with Crippen LogP contribution in [-0.2, 0) is 6.54 Å². The Bertz CT molecular complexity index is 295. The average Bonchev–Trinajstić information content (AvgIpc) is 2.27. The maximum Gasteiger partial charge on any atom is 0.187 e. The van der Waals surface area contributed by atoms with Crippen LogP contribution in [0.3, 0.4) is 0 Å². The summed E-state index contributed by atoms with van der Waals surface area (Å²) in [4.78, 5) is 8.47. The van der Waals surface area contributed by atoms with Crippen molar-refractivity contribution in [3.63, 3.8) is 0 Å². The molecule has 0 amide bonds. The SMILES string of the molecule is CCC(C)(C)NCc1cnc(SC)nc1. The summed E-state index contributed by atoms with van der Waals surface area (Å²) in [5.41, 5.74) is 1.31. The number of hydrogen-bond donors (Lipinski definition) is 1. The Kier molecular flexibility index (Phi) is 4.54. The molecular formula is C11H19N3S. The van der Waals surface area contributed by atoms with Crippen LogP contribution in [0, 0.1) is 0 Å². The normalized spacial score (nSPS) is 11.7. The lowest BCUT2D eigenvalue weighted by Crippen LogP contribution is -2.37. The van der Waals surface area contributed by atoms with Gasteiger partial charge in [0, 0.05) is 30.0 Å². The Balaban J connectivity index is 2.51. The second kappa shape index (κ2) is 5.47. The molecule has 0 saturated heterocycles. The number of nitrogens with zero attached hydrogens (tertiary/aromatic N) is 2. The third-order valence-corrected chi connectivity index (χ3v) is 3.10. The molecule has 0 bridgehead atoms. The second-order valence-corrected chi connectivity index (χ2v) is 4.94. The number of rotatable bonds is 5. The molecule has 0 aromatic carbocycles. The van der Waals surface area contributed by atoms with Gasteiger partial charge in [0.05, 0.1) is 0 Å². The van der Waals surface area contributed by atoms with Gasteiger partial charge in [-0.15, -0.1) is 0 Å². The van der Waals surface area contributed by atoms with Gasteiger partial charge in [-0.25, -0.2) is 9.97 Å². The molecule has 15 heavy (non-hydrogen) atoms. The van der Waals surface area contributed by atoms with Crippen LogP contribution in [0.5, 0.6) is 0 Å². The highest BCUT2D eigenvalue weighted by Gasteiger charge is 2.13. The van der Waals surface area contributed by atoms with Crippen molar-refractivity contribution in [2.75, 3.05) is 6.26 Å². The predicted molar refractivity (Wildman–Crippen MR) is 65.0 cm³/mol. The van der Waals surface area contributed by atoms with Gasteiger partial charge < -0.3 is 5.32 Å². The van der Waals surface area contributed by atoms with Gasteiger partial charge in [-0.2, -0.15) is 0 Å². The summed E-state index contributed by atoms with van der Waals surface area (Å²) < 4.78 is 0. The van der Waals surface area contributed by atoms with E-state index in [9.17, 15) is 0 Å². The number of thioether (sulfide) groups is 1. The largest absolute Gasteiger partial charge is 0.308 e. The molecule has 0 radical (unpaired) electrons. The van der Waals surface area contributed by atoms with E-state index < -0.39 is 0 Å². The van der Waals surface area contributed by atoms with Gasteiger partial charge in [0.1, 0.15) is 0 Å². The molecule has 1 N–H and O–H groups in total. The summed E-state index contributed by atoms with van der Waals surface area (Å²) in [5.74, 6) is 0. The fraction of sp³-hybridized carbons (Fsp3) is 0.636. The monoisotopic (exact) mass is 225 g/mol. The zero-order valence-corrected chi connectivity index (χ0v) is 10.7. The molecule has 0 atom stereocenters. The van der Waals surface area contributed by atoms with Crippen LogP contribution in [-0.4, -0.2) is 21.8 Å². The van der Waals surface area contributed by atoms with Crippen molar-refractivity contribution in [2.45, 2.75) is 44.4 Å². The lowest BCUT2D eigenvalue weighted by molar-refractivity contribution is 0.374. The molecule has 0 aliphatic carbocycles. The Hall–Kier alpha value is -0.610. The topological polar surface area (TPSA) is 37.8 Å². The van der Waals surface area contributed by atoms with Crippen LogP contribution in [0.25, 0.3) is 0 Å². The molecule has 1 heterocycles. The molecule has 84 valence electrons. The molecular weight excluding hydrogens is 206 g/mol. The number of nitrogens with one attached hydrogen (secondary N) is 1. The second-order valence-electron chi connectivity index (χ2n) is 4.17. The minimum atomic E-state index is 0.179. The maximum absolute atomic E-state index is 4.24. The van der Waals surface area contributed by atoms with E-state index in [-0.39, 0.29) is 5.54 Å². The molecule has 1 rings (SSSR count). The predicted octanol–water partition coefficient (Wildman–Crippen LogP) is 2.48. The molecule has 0 aliphatic rings. The van der Waals surface area contributed by atoms with Crippen LogP contribution in [0.15, 0.2) is 17.6 Å². The Labute approximate surface area is 96.1 Å². The minimum Gasteiger partial charge on any atom is -0.308 e. The summed E-state index contributed by atoms with van der Waals surface area (Å²) in [6, 6.07) is 0. The minimum absolute atomic E-state index is 0.179. The summed E-state index contributed by atoms with van der Waals surface area (Å²) in [6.45, 7) is 7.41. The Morgan fingerprint density at radius 3 is 2.40 bits per heavy atom. The van der Waals surface area contributed by atoms with Gasteiger partial charge in [-0.3, -0.25) is 0 Å². The van der Waals surface area contributed by atoms with Crippen molar-refractivity contribution in [1.82, 2.24) is 15.3 Å². The van der Waals surface area contributed by atoms with Crippen LogP contribution in [0.1, 0.15) is 32.8 Å². The lowest BCUT2D eigenvalue weighted by Gasteiger charge is -2.24.